The summed E-state index contributed by atoms with van der Waals surface area (Å²) in [7, 11) is 1.45. The van der Waals surface area contributed by atoms with E-state index in [9.17, 15) is 9.59 Å². The van der Waals surface area contributed by atoms with Crippen LogP contribution in [0.1, 0.15) is 49.0 Å². The molecule has 0 bridgehead atoms. The fourth-order valence-corrected chi connectivity index (χ4v) is 5.65. The Labute approximate surface area is 147 Å². The average molecular weight is 351 g/mol. The van der Waals surface area contributed by atoms with Crippen molar-refractivity contribution in [1.82, 2.24) is 4.90 Å². The maximum absolute atomic E-state index is 12.9. The molecule has 132 valence electrons. The summed E-state index contributed by atoms with van der Waals surface area (Å²) in [5, 5.41) is 0.0645. The van der Waals surface area contributed by atoms with E-state index in [2.05, 4.69) is 32.9 Å². The van der Waals surface area contributed by atoms with Crippen LogP contribution in [0.5, 0.6) is 0 Å². The minimum Gasteiger partial charge on any atom is -0.453 e. The second-order valence-electron chi connectivity index (χ2n) is 6.44. The molecule has 1 heterocycles. The van der Waals surface area contributed by atoms with Crippen LogP contribution in [0.3, 0.4) is 0 Å². The molecule has 1 amide bonds. The van der Waals surface area contributed by atoms with Crippen molar-refractivity contribution < 1.29 is 14.3 Å². The number of nitrogens with zero attached hydrogens (tertiary/aromatic N) is 1. The first-order chi connectivity index (χ1) is 11.5. The number of carbonyl (C=O) groups excluding carboxylic acids is 2. The highest BCUT2D eigenvalue weighted by Crippen LogP contribution is 2.22. The molecular weight excluding hydrogens is 322 g/mol. The van der Waals surface area contributed by atoms with E-state index in [1.165, 1.54) is 12.7 Å². The number of carbonyl (C=O) groups is 2. The number of Topliss-reactive ketones (excluding diaryl/α,β-unsaturated/α-hetero) is 1. The van der Waals surface area contributed by atoms with Gasteiger partial charge in [-0.15, -0.1) is 0 Å². The van der Waals surface area contributed by atoms with Gasteiger partial charge >= 0.3 is 6.09 Å². The van der Waals surface area contributed by atoms with Gasteiger partial charge in [-0.3, -0.25) is 9.69 Å². The molecule has 0 N–H and O–H groups in total. The predicted octanol–water partition coefficient (Wildman–Crippen LogP) is 3.47. The molecule has 1 aromatic rings. The molecule has 0 saturated carbocycles. The molecule has 4 nitrogen and oxygen atoms in total. The van der Waals surface area contributed by atoms with Crippen molar-refractivity contribution in [2.75, 3.05) is 31.7 Å². The Hall–Kier alpha value is -1.49. The number of amides is 1. The number of rotatable bonds is 5. The predicted molar refractivity (Wildman–Crippen MR) is 100 cm³/mol. The van der Waals surface area contributed by atoms with Crippen LogP contribution in [0.15, 0.2) is 24.3 Å². The van der Waals surface area contributed by atoms with Crippen molar-refractivity contribution in [2.24, 2.45) is 0 Å². The van der Waals surface area contributed by atoms with E-state index in [0.717, 1.165) is 23.5 Å². The minimum absolute atomic E-state index is 0.0346. The Morgan fingerprint density at radius 1 is 1.17 bits per heavy atom. The molecule has 1 aliphatic rings. The SMILES string of the molecule is CCC(C(=O)c1ccc(C(C)C)cc1)[S+]1CCN(C(=O)OC)CC1. The summed E-state index contributed by atoms with van der Waals surface area (Å²) < 4.78 is 4.78. The van der Waals surface area contributed by atoms with Crippen LogP contribution in [-0.4, -0.2) is 53.7 Å². The summed E-state index contributed by atoms with van der Waals surface area (Å²) in [4.78, 5) is 26.3. The second kappa shape index (κ2) is 8.56. The van der Waals surface area contributed by atoms with E-state index >= 15 is 0 Å². The third kappa shape index (κ3) is 4.32. The van der Waals surface area contributed by atoms with Crippen LogP contribution in [0.25, 0.3) is 0 Å². The Morgan fingerprint density at radius 3 is 2.21 bits per heavy atom. The van der Waals surface area contributed by atoms with Gasteiger partial charge in [-0.2, -0.15) is 0 Å². The van der Waals surface area contributed by atoms with E-state index in [-0.39, 0.29) is 28.0 Å². The van der Waals surface area contributed by atoms with Gasteiger partial charge in [0.1, 0.15) is 11.5 Å². The Balaban J connectivity index is 2.03. The maximum Gasteiger partial charge on any atom is 0.409 e. The van der Waals surface area contributed by atoms with E-state index in [1.54, 1.807) is 4.90 Å². The van der Waals surface area contributed by atoms with Gasteiger partial charge in [0.05, 0.1) is 20.2 Å². The third-order valence-corrected chi connectivity index (χ3v) is 7.37. The minimum atomic E-state index is -0.262. The lowest BCUT2D eigenvalue weighted by Gasteiger charge is -2.28. The topological polar surface area (TPSA) is 46.6 Å². The van der Waals surface area contributed by atoms with E-state index < -0.39 is 0 Å². The van der Waals surface area contributed by atoms with Crippen LogP contribution in [-0.2, 0) is 15.6 Å². The fourth-order valence-electron chi connectivity index (χ4n) is 3.06. The third-order valence-electron chi connectivity index (χ3n) is 4.61. The highest BCUT2D eigenvalue weighted by molar-refractivity contribution is 7.98. The Kier molecular flexibility index (Phi) is 6.72. The van der Waals surface area contributed by atoms with E-state index in [4.69, 9.17) is 4.74 Å². The smallest absolute Gasteiger partial charge is 0.409 e. The van der Waals surface area contributed by atoms with Crippen molar-refractivity contribution in [1.29, 1.82) is 0 Å². The van der Waals surface area contributed by atoms with Crippen LogP contribution < -0.4 is 0 Å². The lowest BCUT2D eigenvalue weighted by atomic mass is 9.99. The van der Waals surface area contributed by atoms with Gasteiger partial charge in [-0.25, -0.2) is 4.79 Å². The van der Waals surface area contributed by atoms with Gasteiger partial charge in [0.25, 0.3) is 0 Å². The van der Waals surface area contributed by atoms with E-state index in [1.807, 2.05) is 12.1 Å². The van der Waals surface area contributed by atoms with Crippen LogP contribution in [0, 0.1) is 0 Å². The van der Waals surface area contributed by atoms with Crippen molar-refractivity contribution >= 4 is 22.8 Å². The first kappa shape index (κ1) is 18.8. The van der Waals surface area contributed by atoms with Gasteiger partial charge in [0.15, 0.2) is 5.25 Å². The molecule has 0 aromatic heterocycles. The quantitative estimate of drug-likeness (QED) is 0.603. The van der Waals surface area contributed by atoms with Gasteiger partial charge in [-0.05, 0) is 17.9 Å². The Bertz CT molecular complexity index is 562. The second-order valence-corrected chi connectivity index (χ2v) is 8.90. The highest BCUT2D eigenvalue weighted by Gasteiger charge is 2.39. The normalized spacial score (nSPS) is 17.0. The fraction of sp³-hybridized carbons (Fsp3) is 0.579. The molecule has 5 heteroatoms. The number of ether oxygens (including phenoxy) is 1. The molecule has 2 rings (SSSR count). The lowest BCUT2D eigenvalue weighted by Crippen LogP contribution is -2.48. The average Bonchev–Trinajstić information content (AvgIpc) is 2.62. The number of benzene rings is 1. The number of hydrogen-bond acceptors (Lipinski definition) is 3. The number of methoxy groups -OCH3 is 1. The summed E-state index contributed by atoms with van der Waals surface area (Å²) in [6, 6.07) is 8.06. The largest absolute Gasteiger partial charge is 0.453 e. The van der Waals surface area contributed by atoms with Crippen molar-refractivity contribution in [3.63, 3.8) is 0 Å². The molecule has 0 spiro atoms. The van der Waals surface area contributed by atoms with Gasteiger partial charge < -0.3 is 4.74 Å². The van der Waals surface area contributed by atoms with Crippen molar-refractivity contribution in [3.8, 4) is 0 Å². The molecule has 1 saturated heterocycles. The van der Waals surface area contributed by atoms with Crippen LogP contribution in [0.2, 0.25) is 0 Å². The first-order valence-corrected chi connectivity index (χ1v) is 10.2. The monoisotopic (exact) mass is 350 g/mol. The zero-order valence-electron chi connectivity index (χ0n) is 15.1. The van der Waals surface area contributed by atoms with E-state index in [0.29, 0.717) is 19.0 Å². The summed E-state index contributed by atoms with van der Waals surface area (Å²) in [6.07, 6.45) is 0.591. The summed E-state index contributed by atoms with van der Waals surface area (Å²) in [6.45, 7) is 7.77. The molecule has 0 radical (unpaired) electrons. The van der Waals surface area contributed by atoms with Gasteiger partial charge in [0.2, 0.25) is 5.78 Å². The van der Waals surface area contributed by atoms with Crippen molar-refractivity contribution in [2.45, 2.75) is 38.4 Å². The zero-order valence-corrected chi connectivity index (χ0v) is 15.9. The lowest BCUT2D eigenvalue weighted by molar-refractivity contribution is 0.0986. The van der Waals surface area contributed by atoms with Crippen LogP contribution in [0.4, 0.5) is 4.79 Å². The molecule has 24 heavy (non-hydrogen) atoms. The molecular formula is C19H28NO3S+. The molecule has 0 aliphatic carbocycles. The molecule has 1 atom stereocenters. The summed E-state index contributed by atoms with van der Waals surface area (Å²) in [5.74, 6) is 2.51. The number of ketones is 1. The summed E-state index contributed by atoms with van der Waals surface area (Å²) >= 11 is 0. The molecule has 1 aliphatic heterocycles. The Morgan fingerprint density at radius 2 is 1.75 bits per heavy atom. The van der Waals surface area contributed by atoms with Gasteiger partial charge in [0, 0.05) is 16.5 Å². The highest BCUT2D eigenvalue weighted by atomic mass is 32.2. The van der Waals surface area contributed by atoms with Crippen LogP contribution >= 0.6 is 0 Å². The first-order valence-electron chi connectivity index (χ1n) is 8.61. The zero-order chi connectivity index (χ0) is 17.7. The molecule has 1 aromatic carbocycles. The number of hydrogen-bond donors (Lipinski definition) is 0. The summed E-state index contributed by atoms with van der Waals surface area (Å²) in [5.41, 5.74) is 2.07. The molecule has 1 unspecified atom stereocenters. The van der Waals surface area contributed by atoms with Gasteiger partial charge in [-0.1, -0.05) is 45.0 Å². The maximum atomic E-state index is 12.9. The van der Waals surface area contributed by atoms with Crippen molar-refractivity contribution in [3.05, 3.63) is 35.4 Å². The standard InChI is InChI=1S/C19H28NO3S/c1-5-17(24-12-10-20(11-13-24)19(22)23-4)18(21)16-8-6-15(7-9-16)14(2)3/h6-9,14,17H,5,10-13H2,1-4H3/q+1. The molecule has 1 fully saturated rings.